The minimum Gasteiger partial charge on any atom is -0.382 e. The highest BCUT2D eigenvalue weighted by Gasteiger charge is 2.33. The lowest BCUT2D eigenvalue weighted by atomic mass is 9.91. The van der Waals surface area contributed by atoms with Crippen molar-refractivity contribution in [1.82, 2.24) is 89.5 Å². The zero-order valence-corrected chi connectivity index (χ0v) is 74.2. The smallest absolute Gasteiger partial charge is 0.279 e. The lowest BCUT2D eigenvalue weighted by molar-refractivity contribution is 0.101. The molecule has 692 valence electrons. The summed E-state index contributed by atoms with van der Waals surface area (Å²) in [6.45, 7) is 12.4. The van der Waals surface area contributed by atoms with E-state index in [1.165, 1.54) is 24.7 Å². The van der Waals surface area contributed by atoms with Gasteiger partial charge in [-0.05, 0) is 138 Å². The summed E-state index contributed by atoms with van der Waals surface area (Å²) in [6, 6.07) is 32.0. The maximum atomic E-state index is 14.7. The molecule has 14 aromatic rings. The summed E-state index contributed by atoms with van der Waals surface area (Å²) >= 11 is 0. The van der Waals surface area contributed by atoms with Crippen molar-refractivity contribution in [3.63, 3.8) is 0 Å². The minimum atomic E-state index is -0.852. The predicted octanol–water partition coefficient (Wildman–Crippen LogP) is 8.52. The molecular formula is C92H100F2N36O5. The number of aromatic nitrogens is 18. The first-order valence-corrected chi connectivity index (χ1v) is 43.7. The van der Waals surface area contributed by atoms with E-state index in [4.69, 9.17) is 55.9 Å². The average molecular weight is 1830 g/mol. The molecule has 0 spiro atoms. The molecule has 0 unspecified atom stereocenters. The number of carbonyl (C=O) groups is 4. The van der Waals surface area contributed by atoms with E-state index in [9.17, 15) is 28.0 Å². The second kappa shape index (κ2) is 40.7. The number of H-pyrrole nitrogens is 1. The number of ether oxygens (including phenoxy) is 1. The highest BCUT2D eigenvalue weighted by Crippen LogP contribution is 2.37. The van der Waals surface area contributed by atoms with Gasteiger partial charge in [0, 0.05) is 160 Å². The van der Waals surface area contributed by atoms with Gasteiger partial charge in [0.05, 0.1) is 95.6 Å². The van der Waals surface area contributed by atoms with Crippen LogP contribution >= 0.6 is 0 Å². The van der Waals surface area contributed by atoms with Crippen LogP contribution in [0.25, 0.3) is 67.1 Å². The lowest BCUT2D eigenvalue weighted by Crippen LogP contribution is -2.48. The largest absolute Gasteiger partial charge is 0.382 e. The molecule has 0 aliphatic carbocycles. The van der Waals surface area contributed by atoms with Crippen LogP contribution in [0, 0.1) is 23.0 Å². The Kier molecular flexibility index (Phi) is 27.8. The van der Waals surface area contributed by atoms with Crippen LogP contribution < -0.4 is 91.6 Å². The highest BCUT2D eigenvalue weighted by atomic mass is 19.1. The summed E-state index contributed by atoms with van der Waals surface area (Å²) in [7, 11) is 1.99. The number of nitriles is 1. The molecule has 43 heteroatoms. The summed E-state index contributed by atoms with van der Waals surface area (Å²) in [6.07, 6.45) is 24.9. The zero-order valence-electron chi connectivity index (χ0n) is 74.2. The number of nitrogens with one attached hydrogen (secondary N) is 5. The summed E-state index contributed by atoms with van der Waals surface area (Å²) in [5, 5.41) is 29.2. The SMILES string of the molecule is CC1(N)CCN(c2cccnc2NC(=O)c2nc(-c3nc(N4CCOCC4)ncc3F)cnc2N)CC1.CC1(N)CCN(c2cccnc2NC(=O)c2nc(-c3nccc(C#N)c3F)cnc2N)CC1.Cn1ccc2c(-c3cnc(N)c(C(=O)Nc4ncccc4N4CCC(N)CC4)n3)cccc21.Nc1ncc(-c2cccc3[nH]ncc23)nc1C(=O)Nc1ncccc1N1CCC(N)CC1. The summed E-state index contributed by atoms with van der Waals surface area (Å²) in [4.78, 5) is 127. The van der Waals surface area contributed by atoms with Crippen LogP contribution in [0.2, 0.25) is 0 Å². The molecule has 0 bridgehead atoms. The van der Waals surface area contributed by atoms with E-state index < -0.39 is 35.3 Å². The third-order valence-electron chi connectivity index (χ3n) is 23.9. The molecule has 21 N–H and O–H groups in total. The number of morpholine rings is 1. The normalized spacial score (nSPS) is 15.5. The van der Waals surface area contributed by atoms with Crippen molar-refractivity contribution in [3.8, 4) is 51.4 Å². The molecule has 5 fully saturated rings. The van der Waals surface area contributed by atoms with Gasteiger partial charge in [-0.25, -0.2) is 78.6 Å². The summed E-state index contributed by atoms with van der Waals surface area (Å²) < 4.78 is 36.7. The Labute approximate surface area is 772 Å². The predicted molar refractivity (Wildman–Crippen MR) is 510 cm³/mol. The molecule has 0 radical (unpaired) electrons. The number of aryl methyl sites for hydroxylation is 1. The van der Waals surface area contributed by atoms with Crippen LogP contribution in [0.1, 0.15) is 113 Å². The fourth-order valence-corrected chi connectivity index (χ4v) is 16.1. The quantitative estimate of drug-likeness (QED) is 0.0406. The van der Waals surface area contributed by atoms with Crippen LogP contribution in [0.3, 0.4) is 0 Å². The maximum Gasteiger partial charge on any atom is 0.279 e. The molecule has 5 aliphatic rings. The Morgan fingerprint density at radius 1 is 0.444 bits per heavy atom. The van der Waals surface area contributed by atoms with Gasteiger partial charge in [-0.1, -0.05) is 24.3 Å². The molecule has 4 amide bonds. The van der Waals surface area contributed by atoms with Gasteiger partial charge in [-0.3, -0.25) is 29.3 Å². The molecule has 0 saturated carbocycles. The number of benzene rings is 2. The van der Waals surface area contributed by atoms with Crippen LogP contribution in [-0.4, -0.2) is 215 Å². The lowest BCUT2D eigenvalue weighted by Gasteiger charge is -2.38. The van der Waals surface area contributed by atoms with Gasteiger partial charge in [0.25, 0.3) is 23.6 Å². The van der Waals surface area contributed by atoms with E-state index in [1.54, 1.807) is 61.6 Å². The van der Waals surface area contributed by atoms with E-state index in [0.29, 0.717) is 66.9 Å². The number of nitrogen functional groups attached to an aromatic ring is 4. The van der Waals surface area contributed by atoms with Gasteiger partial charge >= 0.3 is 0 Å². The fourth-order valence-electron chi connectivity index (χ4n) is 16.1. The summed E-state index contributed by atoms with van der Waals surface area (Å²) in [5.41, 5.74) is 55.3. The Balaban J connectivity index is 0.000000131. The average Bonchev–Trinajstić information content (AvgIpc) is 1.07. The highest BCUT2D eigenvalue weighted by molar-refractivity contribution is 6.10. The number of carbonyl (C=O) groups excluding carboxylic acids is 4. The number of pyridine rings is 5. The van der Waals surface area contributed by atoms with Crippen molar-refractivity contribution in [2.24, 2.45) is 30.0 Å². The monoisotopic (exact) mass is 1830 g/mol. The number of anilines is 13. The Bertz CT molecular complexity index is 6730. The van der Waals surface area contributed by atoms with Gasteiger partial charge in [-0.2, -0.15) is 10.4 Å². The van der Waals surface area contributed by atoms with Crippen LogP contribution in [0.5, 0.6) is 0 Å². The number of nitrogens with zero attached hydrogens (tertiary/aromatic N) is 23. The number of amides is 4. The van der Waals surface area contributed by atoms with Crippen LogP contribution in [0.15, 0.2) is 171 Å². The minimum absolute atomic E-state index is 0.0246. The fraction of sp³-hybridized carbons (Fsp3) is 0.293. The van der Waals surface area contributed by atoms with E-state index in [-0.39, 0.29) is 97.5 Å². The number of hydrogen-bond acceptors (Lipinski definition) is 35. The first-order valence-electron chi connectivity index (χ1n) is 43.7. The molecule has 2 aromatic carbocycles. The third-order valence-corrected chi connectivity index (χ3v) is 23.9. The van der Waals surface area contributed by atoms with Gasteiger partial charge in [-0.15, -0.1) is 0 Å². The topological polar surface area (TPSA) is 601 Å². The van der Waals surface area contributed by atoms with Crippen molar-refractivity contribution in [2.75, 3.05) is 147 Å². The molecular weight excluding hydrogens is 1730 g/mol. The van der Waals surface area contributed by atoms with Gasteiger partial charge in [0.2, 0.25) is 5.95 Å². The first-order chi connectivity index (χ1) is 65.2. The molecule has 12 aromatic heterocycles. The van der Waals surface area contributed by atoms with Crippen LogP contribution in [0.4, 0.5) is 84.0 Å². The Hall–Kier alpha value is -16.2. The van der Waals surface area contributed by atoms with E-state index in [2.05, 4.69) is 126 Å². The molecule has 5 aliphatic heterocycles. The van der Waals surface area contributed by atoms with E-state index in [0.717, 1.165) is 166 Å². The number of piperidine rings is 4. The second-order valence-corrected chi connectivity index (χ2v) is 33.6. The number of rotatable bonds is 17. The summed E-state index contributed by atoms with van der Waals surface area (Å²) in [5.74, 6) is -1.88. The van der Waals surface area contributed by atoms with Crippen molar-refractivity contribution in [1.29, 1.82) is 5.26 Å². The van der Waals surface area contributed by atoms with E-state index >= 15 is 0 Å². The van der Waals surface area contributed by atoms with E-state index in [1.807, 2.05) is 115 Å². The van der Waals surface area contributed by atoms with Crippen LogP contribution in [-0.2, 0) is 11.8 Å². The zero-order chi connectivity index (χ0) is 94.6. The Morgan fingerprint density at radius 2 is 0.844 bits per heavy atom. The number of halogens is 2. The Morgan fingerprint density at radius 3 is 1.28 bits per heavy atom. The number of nitrogens with two attached hydrogens (primary N) is 8. The van der Waals surface area contributed by atoms with Gasteiger partial charge in [0.15, 0.2) is 81.0 Å². The molecule has 5 saturated heterocycles. The standard InChI is InChI=1S/C24H29FN10O2.C24H26N8O.C22H22FN9O.C22H23N9O/c1-24(27)4-7-34(8-5-24)17-3-2-6-28-21(17)33-22(36)19-20(26)29-14-16(31-19)18-15(25)13-30-23(32-18)35-9-11-37-12-10-35;1-31-11-9-17-16(4-2-5-19(17)31)18-14-28-22(26)21(29-18)24(33)30-23-20(6-3-10-27-23)32-12-7-15(25)8-13-32;1-22(26)5-9-32(10-6-22)15-3-2-7-28-20(15)31-21(33)18-19(25)29-12-14(30-18)17-16(23)13(11-24)4-8-27-17;23-13-6-9-31(10-7-13)18-5-2-8-25-21(18)29-22(32)19-20(24)26-12-17(28-19)14-3-1-4-16-15(14)11-27-30-16/h2-3,6,13-14H,4-5,7-12,27H2,1H3,(H2,26,29)(H,28,33,36);2-6,9-11,14-15H,7-8,12-13,25H2,1H3,(H2,26,28)(H,27,30,33);2-4,7-8,12H,5-6,9-10,26H2,1H3,(H2,25,29)(H,28,31,33);1-5,8,11-13H,6-7,9-10,23H2,(H2,24,26)(H,27,30)(H,25,29,32). The first kappa shape index (κ1) is 92.1. The van der Waals surface area contributed by atoms with Gasteiger partial charge < -0.3 is 101 Å². The van der Waals surface area contributed by atoms with Crippen molar-refractivity contribution >= 4 is 121 Å². The van der Waals surface area contributed by atoms with Crippen molar-refractivity contribution in [2.45, 2.75) is 88.4 Å². The van der Waals surface area contributed by atoms with Gasteiger partial charge in [0.1, 0.15) is 28.8 Å². The molecule has 0 atom stereocenters. The molecule has 17 heterocycles. The molecule has 19 rings (SSSR count). The van der Waals surface area contributed by atoms with Crippen molar-refractivity contribution < 1.29 is 32.7 Å². The second-order valence-electron chi connectivity index (χ2n) is 33.6. The van der Waals surface area contributed by atoms with Crippen molar-refractivity contribution in [3.05, 3.63) is 211 Å². The molecule has 135 heavy (non-hydrogen) atoms. The number of fused-ring (bicyclic) bond motifs is 2. The maximum absolute atomic E-state index is 14.7. The molecule has 41 nitrogen and oxygen atoms in total. The third kappa shape index (κ3) is 21.4. The number of hydrogen-bond donors (Lipinski definition) is 13. The number of aromatic amines is 1.